The molecule has 0 fully saturated rings. The SMILES string of the molecule is C[C@H](Cc1ccc2c(c1)OC(C(=O)O)(C(=O)O)O2)NC[C@@H](O)c1cccc(OC(F)F)c1. The number of ether oxygens (including phenoxy) is 3. The molecule has 0 aromatic heterocycles. The number of aliphatic hydroxyl groups is 1. The molecule has 0 saturated carbocycles. The van der Waals surface area contributed by atoms with E-state index in [1.165, 1.54) is 30.3 Å². The van der Waals surface area contributed by atoms with Crippen LogP contribution in [0.4, 0.5) is 8.78 Å². The van der Waals surface area contributed by atoms with Gasteiger partial charge in [0.15, 0.2) is 11.5 Å². The van der Waals surface area contributed by atoms with Gasteiger partial charge in [-0.3, -0.25) is 0 Å². The average molecular weight is 453 g/mol. The molecule has 0 unspecified atom stereocenters. The van der Waals surface area contributed by atoms with Crippen LogP contribution in [0.25, 0.3) is 0 Å². The van der Waals surface area contributed by atoms with Crippen molar-refractivity contribution in [3.8, 4) is 17.2 Å². The molecule has 0 saturated heterocycles. The van der Waals surface area contributed by atoms with Crippen molar-refractivity contribution in [1.29, 1.82) is 0 Å². The predicted molar refractivity (Wildman–Crippen MR) is 105 cm³/mol. The fourth-order valence-corrected chi connectivity index (χ4v) is 3.19. The summed E-state index contributed by atoms with van der Waals surface area (Å²) in [5.41, 5.74) is 1.12. The van der Waals surface area contributed by atoms with Gasteiger partial charge in [-0.05, 0) is 48.7 Å². The number of alkyl halides is 2. The number of nitrogens with one attached hydrogen (secondary N) is 1. The monoisotopic (exact) mass is 453 g/mol. The van der Waals surface area contributed by atoms with Gasteiger partial charge in [0.2, 0.25) is 0 Å². The van der Waals surface area contributed by atoms with E-state index in [2.05, 4.69) is 10.1 Å². The zero-order valence-corrected chi connectivity index (χ0v) is 16.8. The Morgan fingerprint density at radius 3 is 2.44 bits per heavy atom. The second-order valence-electron chi connectivity index (χ2n) is 7.19. The average Bonchev–Trinajstić information content (AvgIpc) is 3.12. The number of aliphatic hydroxyl groups excluding tert-OH is 1. The third-order valence-corrected chi connectivity index (χ3v) is 4.75. The molecule has 2 atom stereocenters. The second-order valence-corrected chi connectivity index (χ2v) is 7.19. The van der Waals surface area contributed by atoms with Gasteiger partial charge in [-0.15, -0.1) is 0 Å². The molecule has 11 heteroatoms. The first-order chi connectivity index (χ1) is 15.1. The Morgan fingerprint density at radius 1 is 1.09 bits per heavy atom. The molecule has 1 aliphatic heterocycles. The minimum absolute atomic E-state index is 0.000447. The van der Waals surface area contributed by atoms with Crippen molar-refractivity contribution in [1.82, 2.24) is 5.32 Å². The van der Waals surface area contributed by atoms with Crippen molar-refractivity contribution >= 4 is 11.9 Å². The smallest absolute Gasteiger partial charge is 0.453 e. The maximum absolute atomic E-state index is 12.3. The molecule has 2 aromatic rings. The van der Waals surface area contributed by atoms with Crippen LogP contribution in [-0.2, 0) is 16.0 Å². The van der Waals surface area contributed by atoms with Crippen molar-refractivity contribution in [3.63, 3.8) is 0 Å². The van der Waals surface area contributed by atoms with Crippen LogP contribution in [0.2, 0.25) is 0 Å². The Kier molecular flexibility index (Phi) is 6.80. The van der Waals surface area contributed by atoms with Gasteiger partial charge in [0.1, 0.15) is 5.75 Å². The van der Waals surface area contributed by atoms with Gasteiger partial charge in [-0.1, -0.05) is 18.2 Å². The van der Waals surface area contributed by atoms with Gasteiger partial charge in [0.05, 0.1) is 6.10 Å². The molecule has 0 spiro atoms. The molecule has 1 aliphatic rings. The number of halogens is 2. The predicted octanol–water partition coefficient (Wildman–Crippen LogP) is 2.18. The van der Waals surface area contributed by atoms with E-state index >= 15 is 0 Å². The van der Waals surface area contributed by atoms with Crippen LogP contribution in [0.3, 0.4) is 0 Å². The van der Waals surface area contributed by atoms with Crippen molar-refractivity contribution in [2.75, 3.05) is 6.54 Å². The highest BCUT2D eigenvalue weighted by molar-refractivity contribution is 6.01. The van der Waals surface area contributed by atoms with E-state index in [9.17, 15) is 33.7 Å². The maximum atomic E-state index is 12.3. The molecule has 9 nitrogen and oxygen atoms in total. The van der Waals surface area contributed by atoms with E-state index in [4.69, 9.17) is 9.47 Å². The number of carboxylic acids is 2. The van der Waals surface area contributed by atoms with Crippen molar-refractivity contribution in [2.24, 2.45) is 0 Å². The summed E-state index contributed by atoms with van der Waals surface area (Å²) >= 11 is 0. The summed E-state index contributed by atoms with van der Waals surface area (Å²) in [6.07, 6.45) is -0.535. The molecular weight excluding hydrogens is 432 g/mol. The molecule has 172 valence electrons. The Morgan fingerprint density at radius 2 is 1.78 bits per heavy atom. The lowest BCUT2D eigenvalue weighted by Gasteiger charge is -2.18. The molecule has 3 rings (SSSR count). The van der Waals surface area contributed by atoms with E-state index in [1.807, 2.05) is 6.92 Å². The van der Waals surface area contributed by atoms with Crippen LogP contribution in [-0.4, -0.2) is 52.2 Å². The van der Waals surface area contributed by atoms with Crippen molar-refractivity contribution in [2.45, 2.75) is 37.9 Å². The normalized spacial score (nSPS) is 15.9. The quantitative estimate of drug-likeness (QED) is 0.399. The van der Waals surface area contributed by atoms with Gasteiger partial charge in [0, 0.05) is 12.6 Å². The summed E-state index contributed by atoms with van der Waals surface area (Å²) in [5, 5.41) is 31.8. The lowest BCUT2D eigenvalue weighted by molar-refractivity contribution is -0.194. The van der Waals surface area contributed by atoms with Crippen LogP contribution in [0, 0.1) is 0 Å². The minimum atomic E-state index is -2.96. The van der Waals surface area contributed by atoms with Crippen molar-refractivity contribution < 1.29 is 47.9 Å². The summed E-state index contributed by atoms with van der Waals surface area (Å²) in [6.45, 7) is -0.990. The Bertz CT molecular complexity index is 986. The lowest BCUT2D eigenvalue weighted by atomic mass is 10.1. The third kappa shape index (κ3) is 5.06. The fraction of sp³-hybridized carbons (Fsp3) is 0.333. The Balaban J connectivity index is 1.58. The van der Waals surface area contributed by atoms with Crippen LogP contribution in [0.15, 0.2) is 42.5 Å². The largest absolute Gasteiger partial charge is 0.475 e. The number of carbonyl (C=O) groups is 2. The fourth-order valence-electron chi connectivity index (χ4n) is 3.19. The first-order valence-corrected chi connectivity index (χ1v) is 9.54. The number of fused-ring (bicyclic) bond motifs is 1. The topological polar surface area (TPSA) is 135 Å². The van der Waals surface area contributed by atoms with E-state index in [1.54, 1.807) is 12.1 Å². The zero-order valence-electron chi connectivity index (χ0n) is 16.8. The maximum Gasteiger partial charge on any atom is 0.453 e. The summed E-state index contributed by atoms with van der Waals surface area (Å²) in [4.78, 5) is 22.7. The number of benzene rings is 2. The zero-order chi connectivity index (χ0) is 23.5. The summed E-state index contributed by atoms with van der Waals surface area (Å²) in [5.74, 6) is -6.44. The van der Waals surface area contributed by atoms with Gasteiger partial charge < -0.3 is 34.8 Å². The molecule has 0 aliphatic carbocycles. The molecule has 1 heterocycles. The number of hydrogen-bond acceptors (Lipinski definition) is 7. The number of carboxylic acid groups (broad SMARTS) is 2. The van der Waals surface area contributed by atoms with Gasteiger partial charge in [0.25, 0.3) is 0 Å². The first-order valence-electron chi connectivity index (χ1n) is 9.54. The Hall–Kier alpha value is -3.44. The van der Waals surface area contributed by atoms with E-state index in [-0.39, 0.29) is 29.8 Å². The van der Waals surface area contributed by atoms with E-state index in [0.29, 0.717) is 17.5 Å². The molecule has 2 aromatic carbocycles. The summed E-state index contributed by atoms with van der Waals surface area (Å²) in [6, 6.07) is 10.2. The van der Waals surface area contributed by atoms with Gasteiger partial charge >= 0.3 is 24.3 Å². The highest BCUT2D eigenvalue weighted by Crippen LogP contribution is 2.40. The van der Waals surface area contributed by atoms with E-state index < -0.39 is 30.4 Å². The standard InChI is InChI=1S/C21H21F2NO8/c1-11(24-10-15(25)13-3-2-4-14(9-13)30-20(22)23)7-12-5-6-16-17(8-12)32-21(31-16,18(26)27)19(28)29/h2-6,8-9,11,15,20,24-25H,7,10H2,1H3,(H,26,27)(H,28,29)/t11-,15-/m1/s1. The van der Waals surface area contributed by atoms with Gasteiger partial charge in [-0.2, -0.15) is 8.78 Å². The number of aliphatic carboxylic acids is 2. The second kappa shape index (κ2) is 9.37. The van der Waals surface area contributed by atoms with Crippen LogP contribution >= 0.6 is 0 Å². The summed E-state index contributed by atoms with van der Waals surface area (Å²) in [7, 11) is 0. The molecule has 4 N–H and O–H groups in total. The molecule has 0 radical (unpaired) electrons. The molecule has 0 amide bonds. The summed E-state index contributed by atoms with van der Waals surface area (Å²) < 4.78 is 39.1. The first kappa shape index (κ1) is 23.2. The highest BCUT2D eigenvalue weighted by Gasteiger charge is 2.57. The molecule has 0 bridgehead atoms. The van der Waals surface area contributed by atoms with Crippen molar-refractivity contribution in [3.05, 3.63) is 53.6 Å². The van der Waals surface area contributed by atoms with E-state index in [0.717, 1.165) is 0 Å². The Labute approximate surface area is 181 Å². The number of rotatable bonds is 10. The molecule has 32 heavy (non-hydrogen) atoms. The van der Waals surface area contributed by atoms with Gasteiger partial charge in [-0.25, -0.2) is 9.59 Å². The molecular formula is C21H21F2NO8. The lowest BCUT2D eigenvalue weighted by Crippen LogP contribution is -2.54. The highest BCUT2D eigenvalue weighted by atomic mass is 19.3. The van der Waals surface area contributed by atoms with Crippen LogP contribution < -0.4 is 19.5 Å². The minimum Gasteiger partial charge on any atom is -0.475 e. The number of hydrogen-bond donors (Lipinski definition) is 4. The van der Waals surface area contributed by atoms with Crippen LogP contribution in [0.5, 0.6) is 17.2 Å². The third-order valence-electron chi connectivity index (χ3n) is 4.75. The van der Waals surface area contributed by atoms with Crippen LogP contribution in [0.1, 0.15) is 24.2 Å².